The molecule has 8 heteroatoms. The maximum absolute atomic E-state index is 11.4. The number of hydrogen-bond acceptors (Lipinski definition) is 7. The van der Waals surface area contributed by atoms with Gasteiger partial charge in [0.1, 0.15) is 18.5 Å². The van der Waals surface area contributed by atoms with Gasteiger partial charge in [-0.1, -0.05) is 30.3 Å². The van der Waals surface area contributed by atoms with Crippen LogP contribution in [-0.4, -0.2) is 36.7 Å². The first-order valence-corrected chi connectivity index (χ1v) is 7.56. The second-order valence-corrected chi connectivity index (χ2v) is 5.35. The number of carbonyl (C=O) groups is 2. The third kappa shape index (κ3) is 8.73. The van der Waals surface area contributed by atoms with Gasteiger partial charge >= 0.3 is 12.1 Å². The predicted molar refractivity (Wildman–Crippen MR) is 86.3 cm³/mol. The molecule has 0 fully saturated rings. The van der Waals surface area contributed by atoms with Crippen molar-refractivity contribution in [1.82, 2.24) is 0 Å². The number of ether oxygens (including phenoxy) is 3. The van der Waals surface area contributed by atoms with Gasteiger partial charge in [0.25, 0.3) is 0 Å². The average molecular weight is 354 g/mol. The molecule has 0 aliphatic carbocycles. The van der Waals surface area contributed by atoms with Gasteiger partial charge in [0.2, 0.25) is 6.29 Å². The van der Waals surface area contributed by atoms with E-state index in [4.69, 9.17) is 24.4 Å². The number of carbonyl (C=O) groups excluding carboxylic acids is 1. The summed E-state index contributed by atoms with van der Waals surface area (Å²) in [4.78, 5) is 31.9. The van der Waals surface area contributed by atoms with Crippen LogP contribution in [0.15, 0.2) is 42.7 Å². The molecule has 0 spiro atoms. The fourth-order valence-electron chi connectivity index (χ4n) is 1.70. The highest BCUT2D eigenvalue weighted by Crippen LogP contribution is 2.24. The molecule has 0 aliphatic rings. The van der Waals surface area contributed by atoms with Gasteiger partial charge in [-0.05, 0) is 26.3 Å². The molecule has 1 unspecified atom stereocenters. The molecule has 1 aromatic rings. The quantitative estimate of drug-likeness (QED) is 0.130. The third-order valence-electron chi connectivity index (χ3n) is 2.93. The van der Waals surface area contributed by atoms with E-state index >= 15 is 0 Å². The summed E-state index contributed by atoms with van der Waals surface area (Å²) in [5.41, 5.74) is 0.227. The number of esters is 1. The molecule has 1 atom stereocenters. The fraction of sp³-hybridized carbons (Fsp3) is 0.412. The maximum Gasteiger partial charge on any atom is 0.508 e. The minimum atomic E-state index is -1.44. The van der Waals surface area contributed by atoms with Gasteiger partial charge in [0.05, 0.1) is 12.7 Å². The summed E-state index contributed by atoms with van der Waals surface area (Å²) in [6.45, 7) is 4.99. The van der Waals surface area contributed by atoms with Crippen molar-refractivity contribution in [1.29, 1.82) is 0 Å². The normalized spacial score (nSPS) is 12.6. The number of carboxylic acid groups (broad SMARTS) is 1. The maximum atomic E-state index is 11.4. The second kappa shape index (κ2) is 10.3. The summed E-state index contributed by atoms with van der Waals surface area (Å²) in [5, 5.41) is 8.36. The highest BCUT2D eigenvalue weighted by Gasteiger charge is 2.22. The van der Waals surface area contributed by atoms with E-state index in [2.05, 4.69) is 4.74 Å². The van der Waals surface area contributed by atoms with Crippen molar-refractivity contribution < 1.29 is 38.7 Å². The van der Waals surface area contributed by atoms with Gasteiger partial charge in [0.15, 0.2) is 0 Å². The Labute approximate surface area is 145 Å². The van der Waals surface area contributed by atoms with Crippen LogP contribution in [-0.2, 0) is 34.4 Å². The van der Waals surface area contributed by atoms with Crippen molar-refractivity contribution in [3.8, 4) is 0 Å². The van der Waals surface area contributed by atoms with Gasteiger partial charge in [0, 0.05) is 0 Å². The zero-order valence-corrected chi connectivity index (χ0v) is 14.3. The molecule has 0 bridgehead atoms. The van der Waals surface area contributed by atoms with Crippen LogP contribution in [0.2, 0.25) is 0 Å². The first kappa shape index (κ1) is 20.5. The summed E-state index contributed by atoms with van der Waals surface area (Å²) < 4.78 is 14.1. The van der Waals surface area contributed by atoms with Crippen molar-refractivity contribution in [2.75, 3.05) is 13.2 Å². The van der Waals surface area contributed by atoms with Gasteiger partial charge in [-0.25, -0.2) is 9.59 Å². The molecule has 0 aliphatic heterocycles. The highest BCUT2D eigenvalue weighted by atomic mass is 17.2. The van der Waals surface area contributed by atoms with Crippen molar-refractivity contribution >= 4 is 12.1 Å². The summed E-state index contributed by atoms with van der Waals surface area (Å²) in [7, 11) is 0. The monoisotopic (exact) mass is 354 g/mol. The van der Waals surface area contributed by atoms with Gasteiger partial charge in [-0.15, -0.1) is 0 Å². The molecule has 0 heterocycles. The van der Waals surface area contributed by atoms with E-state index in [1.54, 1.807) is 0 Å². The Bertz CT molecular complexity index is 567. The molecule has 0 saturated carbocycles. The van der Waals surface area contributed by atoms with E-state index in [0.29, 0.717) is 0 Å². The van der Waals surface area contributed by atoms with E-state index in [0.717, 1.165) is 17.9 Å². The second-order valence-electron chi connectivity index (χ2n) is 5.35. The molecular formula is C17H22O8. The Morgan fingerprint density at radius 1 is 1.20 bits per heavy atom. The SMILES string of the molecule is CC(OCCOC(=O)C=COOC(C)(C)c1ccccc1)OC(=O)O. The first-order chi connectivity index (χ1) is 11.8. The summed E-state index contributed by atoms with van der Waals surface area (Å²) in [5.74, 6) is -0.656. The standard InChI is InChI=1S/C17H22O8/c1-13(24-16(19)20)21-11-12-22-15(18)9-10-23-25-17(2,3)14-7-5-4-6-8-14/h4-10,13H,11-12H2,1-3H3,(H,19,20). The Kier molecular flexibility index (Phi) is 8.45. The molecule has 1 aromatic carbocycles. The lowest BCUT2D eigenvalue weighted by atomic mass is 9.99. The lowest BCUT2D eigenvalue weighted by molar-refractivity contribution is -0.321. The Morgan fingerprint density at radius 2 is 1.88 bits per heavy atom. The first-order valence-electron chi connectivity index (χ1n) is 7.56. The van der Waals surface area contributed by atoms with Crippen LogP contribution in [0.5, 0.6) is 0 Å². The predicted octanol–water partition coefficient (Wildman–Crippen LogP) is 2.98. The largest absolute Gasteiger partial charge is 0.508 e. The zero-order valence-electron chi connectivity index (χ0n) is 14.3. The van der Waals surface area contributed by atoms with Crippen molar-refractivity contribution in [2.24, 2.45) is 0 Å². The molecule has 25 heavy (non-hydrogen) atoms. The van der Waals surface area contributed by atoms with E-state index in [9.17, 15) is 9.59 Å². The van der Waals surface area contributed by atoms with Gasteiger partial charge < -0.3 is 24.2 Å². The van der Waals surface area contributed by atoms with E-state index in [1.165, 1.54) is 6.92 Å². The number of rotatable bonds is 10. The Morgan fingerprint density at radius 3 is 2.52 bits per heavy atom. The van der Waals surface area contributed by atoms with Crippen molar-refractivity contribution in [3.05, 3.63) is 48.2 Å². The van der Waals surface area contributed by atoms with Crippen molar-refractivity contribution in [2.45, 2.75) is 32.7 Å². The van der Waals surface area contributed by atoms with Crippen molar-refractivity contribution in [3.63, 3.8) is 0 Å². The van der Waals surface area contributed by atoms with Gasteiger partial charge in [-0.3, -0.25) is 0 Å². The Balaban J connectivity index is 2.21. The van der Waals surface area contributed by atoms with Crippen LogP contribution < -0.4 is 0 Å². The number of hydrogen-bond donors (Lipinski definition) is 1. The summed E-state index contributed by atoms with van der Waals surface area (Å²) >= 11 is 0. The third-order valence-corrected chi connectivity index (χ3v) is 2.93. The minimum Gasteiger partial charge on any atom is -0.460 e. The smallest absolute Gasteiger partial charge is 0.460 e. The zero-order chi connectivity index (χ0) is 18.7. The van der Waals surface area contributed by atoms with Crippen LogP contribution in [0.4, 0.5) is 4.79 Å². The molecule has 8 nitrogen and oxygen atoms in total. The lowest BCUT2D eigenvalue weighted by Crippen LogP contribution is -2.21. The molecule has 1 rings (SSSR count). The Hall–Kier alpha value is -2.58. The molecule has 0 radical (unpaired) electrons. The molecule has 138 valence electrons. The topological polar surface area (TPSA) is 101 Å². The molecule has 0 saturated heterocycles. The molecule has 0 amide bonds. The lowest BCUT2D eigenvalue weighted by Gasteiger charge is -2.22. The van der Waals surface area contributed by atoms with E-state index in [1.807, 2.05) is 44.2 Å². The highest BCUT2D eigenvalue weighted by molar-refractivity contribution is 5.81. The van der Waals surface area contributed by atoms with Crippen LogP contribution in [0, 0.1) is 0 Å². The summed E-state index contributed by atoms with van der Waals surface area (Å²) in [6, 6.07) is 9.47. The van der Waals surface area contributed by atoms with Crippen LogP contribution in [0.1, 0.15) is 26.3 Å². The van der Waals surface area contributed by atoms with E-state index < -0.39 is 24.0 Å². The van der Waals surface area contributed by atoms with Crippen LogP contribution in [0.25, 0.3) is 0 Å². The summed E-state index contributed by atoms with van der Waals surface area (Å²) in [6.07, 6.45) is -0.255. The molecule has 1 N–H and O–H groups in total. The minimum absolute atomic E-state index is 0.00752. The average Bonchev–Trinajstić information content (AvgIpc) is 2.56. The molecular weight excluding hydrogens is 332 g/mol. The fourth-order valence-corrected chi connectivity index (χ4v) is 1.70. The van der Waals surface area contributed by atoms with Gasteiger partial charge in [-0.2, -0.15) is 4.89 Å². The number of benzene rings is 1. The van der Waals surface area contributed by atoms with E-state index in [-0.39, 0.29) is 13.2 Å². The van der Waals surface area contributed by atoms with Crippen LogP contribution in [0.3, 0.4) is 0 Å². The van der Waals surface area contributed by atoms with Crippen LogP contribution >= 0.6 is 0 Å². The molecule has 0 aromatic heterocycles.